The fourth-order valence-electron chi connectivity index (χ4n) is 2.27. The van der Waals surface area contributed by atoms with Gasteiger partial charge in [-0.15, -0.1) is 0 Å². The van der Waals surface area contributed by atoms with Crippen molar-refractivity contribution in [1.82, 2.24) is 9.78 Å². The maximum atomic E-state index is 4.62. The molecule has 0 fully saturated rings. The van der Waals surface area contributed by atoms with Crippen LogP contribution in [0.4, 0.5) is 5.69 Å². The van der Waals surface area contributed by atoms with E-state index in [9.17, 15) is 0 Å². The lowest BCUT2D eigenvalue weighted by Crippen LogP contribution is -2.07. The lowest BCUT2D eigenvalue weighted by molar-refractivity contribution is 0.474. The second kappa shape index (κ2) is 6.44. The maximum Gasteiger partial charge on any atom is 0.0815 e. The van der Waals surface area contributed by atoms with Gasteiger partial charge < -0.3 is 5.32 Å². The van der Waals surface area contributed by atoms with E-state index in [1.165, 1.54) is 16.8 Å². The predicted molar refractivity (Wildman–Crippen MR) is 88.2 cm³/mol. The molecule has 1 atom stereocenters. The van der Waals surface area contributed by atoms with E-state index < -0.39 is 0 Å². The highest BCUT2D eigenvalue weighted by molar-refractivity contribution is 9.10. The van der Waals surface area contributed by atoms with Crippen LogP contribution in [-0.2, 0) is 6.54 Å². The Kier molecular flexibility index (Phi) is 4.86. The van der Waals surface area contributed by atoms with Gasteiger partial charge in [-0.25, -0.2) is 0 Å². The van der Waals surface area contributed by atoms with Crippen molar-refractivity contribution in [2.45, 2.75) is 46.7 Å². The van der Waals surface area contributed by atoms with E-state index in [0.29, 0.717) is 6.04 Å². The van der Waals surface area contributed by atoms with Gasteiger partial charge >= 0.3 is 0 Å². The van der Waals surface area contributed by atoms with Crippen molar-refractivity contribution in [2.24, 2.45) is 0 Å². The molecule has 2 aromatic rings. The molecule has 1 aromatic carbocycles. The van der Waals surface area contributed by atoms with Crippen LogP contribution in [0.3, 0.4) is 0 Å². The van der Waals surface area contributed by atoms with Crippen LogP contribution in [0.1, 0.15) is 43.1 Å². The molecule has 0 spiro atoms. The molecule has 1 N–H and O–H groups in total. The minimum absolute atomic E-state index is 0.458. The third kappa shape index (κ3) is 3.42. The van der Waals surface area contributed by atoms with E-state index in [2.05, 4.69) is 78.4 Å². The van der Waals surface area contributed by atoms with Crippen molar-refractivity contribution >= 4 is 21.6 Å². The van der Waals surface area contributed by atoms with Gasteiger partial charge in [-0.1, -0.05) is 22.9 Å². The highest BCUT2D eigenvalue weighted by atomic mass is 79.9. The van der Waals surface area contributed by atoms with Gasteiger partial charge in [-0.3, -0.25) is 4.68 Å². The van der Waals surface area contributed by atoms with Gasteiger partial charge in [0.2, 0.25) is 0 Å². The molecule has 1 heterocycles. The van der Waals surface area contributed by atoms with Crippen molar-refractivity contribution in [3.05, 3.63) is 45.7 Å². The van der Waals surface area contributed by atoms with Crippen molar-refractivity contribution < 1.29 is 0 Å². The molecular weight excluding hydrogens is 314 g/mol. The van der Waals surface area contributed by atoms with Crippen LogP contribution < -0.4 is 5.32 Å². The van der Waals surface area contributed by atoms with Gasteiger partial charge in [-0.2, -0.15) is 5.10 Å². The molecule has 1 unspecified atom stereocenters. The number of anilines is 1. The van der Waals surface area contributed by atoms with Crippen LogP contribution in [0.5, 0.6) is 0 Å². The predicted octanol–water partition coefficient (Wildman–Crippen LogP) is 4.85. The molecule has 3 nitrogen and oxygen atoms in total. The Balaban J connectivity index is 2.07. The number of nitrogens with zero attached hydrogens (tertiary/aromatic N) is 2. The fraction of sp³-hybridized carbons (Fsp3) is 0.438. The van der Waals surface area contributed by atoms with E-state index >= 15 is 0 Å². The molecule has 0 saturated carbocycles. The lowest BCUT2D eigenvalue weighted by Gasteiger charge is -2.13. The zero-order valence-electron chi connectivity index (χ0n) is 12.6. The second-order valence-corrected chi connectivity index (χ2v) is 6.23. The Hall–Kier alpha value is -1.29. The van der Waals surface area contributed by atoms with E-state index in [1.54, 1.807) is 0 Å². The summed E-state index contributed by atoms with van der Waals surface area (Å²) >= 11 is 3.53. The summed E-state index contributed by atoms with van der Waals surface area (Å²) in [5.74, 6) is 0. The minimum Gasteiger partial charge on any atom is -0.379 e. The van der Waals surface area contributed by atoms with Crippen molar-refractivity contribution in [3.8, 4) is 0 Å². The Bertz CT molecular complexity index is 566. The largest absolute Gasteiger partial charge is 0.379 e. The van der Waals surface area contributed by atoms with Crippen LogP contribution in [0, 0.1) is 13.8 Å². The normalized spacial score (nSPS) is 12.4. The molecule has 2 rings (SSSR count). The van der Waals surface area contributed by atoms with Crippen LogP contribution in [0.2, 0.25) is 0 Å². The number of hydrogen-bond donors (Lipinski definition) is 1. The molecule has 20 heavy (non-hydrogen) atoms. The number of aromatic nitrogens is 2. The van der Waals surface area contributed by atoms with Gasteiger partial charge in [0.05, 0.1) is 12.2 Å². The average Bonchev–Trinajstić information content (AvgIpc) is 2.85. The average molecular weight is 336 g/mol. The molecule has 0 radical (unpaired) electrons. The molecular formula is C16H22BrN3. The van der Waals surface area contributed by atoms with Gasteiger partial charge in [0.15, 0.2) is 0 Å². The topological polar surface area (TPSA) is 29.9 Å². The zero-order valence-corrected chi connectivity index (χ0v) is 14.2. The molecule has 1 aromatic heterocycles. The summed E-state index contributed by atoms with van der Waals surface area (Å²) in [7, 11) is 0. The first-order valence-electron chi connectivity index (χ1n) is 7.06. The summed E-state index contributed by atoms with van der Waals surface area (Å²) in [5, 5.41) is 8.12. The molecule has 0 amide bonds. The van der Waals surface area contributed by atoms with Crippen LogP contribution in [0.15, 0.2) is 28.9 Å². The zero-order chi connectivity index (χ0) is 14.7. The van der Waals surface area contributed by atoms with Gasteiger partial charge in [0.25, 0.3) is 0 Å². The third-order valence-corrected chi connectivity index (χ3v) is 4.11. The lowest BCUT2D eigenvalue weighted by atomic mass is 10.1. The first kappa shape index (κ1) is 15.1. The summed E-state index contributed by atoms with van der Waals surface area (Å²) < 4.78 is 3.16. The molecule has 0 aliphatic carbocycles. The van der Waals surface area contributed by atoms with E-state index in [-0.39, 0.29) is 0 Å². The quantitative estimate of drug-likeness (QED) is 0.846. The van der Waals surface area contributed by atoms with Gasteiger partial charge in [0.1, 0.15) is 0 Å². The van der Waals surface area contributed by atoms with Gasteiger partial charge in [-0.05, 0) is 56.5 Å². The van der Waals surface area contributed by atoms with Crippen molar-refractivity contribution in [3.63, 3.8) is 0 Å². The highest BCUT2D eigenvalue weighted by Gasteiger charge is 2.07. The minimum atomic E-state index is 0.458. The number of benzene rings is 1. The van der Waals surface area contributed by atoms with E-state index in [0.717, 1.165) is 23.1 Å². The first-order valence-corrected chi connectivity index (χ1v) is 7.85. The SMILES string of the molecule is CCC(C)n1ccc(CNc2c(C)cc(Br)cc2C)n1. The summed E-state index contributed by atoms with van der Waals surface area (Å²) in [4.78, 5) is 0. The third-order valence-electron chi connectivity index (χ3n) is 3.65. The number of aryl methyl sites for hydroxylation is 2. The molecule has 4 heteroatoms. The summed E-state index contributed by atoms with van der Waals surface area (Å²) in [6, 6.07) is 6.81. The highest BCUT2D eigenvalue weighted by Crippen LogP contribution is 2.25. The molecule has 0 aliphatic heterocycles. The van der Waals surface area contributed by atoms with Gasteiger partial charge in [0, 0.05) is 22.4 Å². The number of nitrogens with one attached hydrogen (secondary N) is 1. The molecule has 0 bridgehead atoms. The van der Waals surface area contributed by atoms with E-state index in [4.69, 9.17) is 0 Å². The van der Waals surface area contributed by atoms with E-state index in [1.807, 2.05) is 4.68 Å². The van der Waals surface area contributed by atoms with Crippen LogP contribution in [-0.4, -0.2) is 9.78 Å². The van der Waals surface area contributed by atoms with Crippen molar-refractivity contribution in [2.75, 3.05) is 5.32 Å². The summed E-state index contributed by atoms with van der Waals surface area (Å²) in [5.41, 5.74) is 4.77. The molecule has 108 valence electrons. The van der Waals surface area contributed by atoms with Crippen LogP contribution >= 0.6 is 15.9 Å². The maximum absolute atomic E-state index is 4.62. The van der Waals surface area contributed by atoms with Crippen molar-refractivity contribution in [1.29, 1.82) is 0 Å². The summed E-state index contributed by atoms with van der Waals surface area (Å²) in [6.07, 6.45) is 3.16. The molecule has 0 saturated heterocycles. The number of hydrogen-bond acceptors (Lipinski definition) is 2. The Morgan fingerprint density at radius 1 is 1.30 bits per heavy atom. The number of rotatable bonds is 5. The summed E-state index contributed by atoms with van der Waals surface area (Å²) in [6.45, 7) is 9.37. The monoisotopic (exact) mass is 335 g/mol. The van der Waals surface area contributed by atoms with Crippen LogP contribution in [0.25, 0.3) is 0 Å². The first-order chi connectivity index (χ1) is 9.51. The Morgan fingerprint density at radius 3 is 2.55 bits per heavy atom. The Labute approximate surface area is 129 Å². The standard InChI is InChI=1S/C16H22BrN3/c1-5-13(4)20-7-6-15(19-20)10-18-16-11(2)8-14(17)9-12(16)3/h6-9,13,18H,5,10H2,1-4H3. The smallest absolute Gasteiger partial charge is 0.0815 e. The molecule has 0 aliphatic rings. The second-order valence-electron chi connectivity index (χ2n) is 5.31. The number of halogens is 1. The fourth-order valence-corrected chi connectivity index (χ4v) is 2.96. The Morgan fingerprint density at radius 2 is 1.95 bits per heavy atom.